The largest absolute Gasteiger partial charge is 0.619 e. The van der Waals surface area contributed by atoms with Gasteiger partial charge in [-0.1, -0.05) is 0 Å². The Morgan fingerprint density at radius 3 is 2.33 bits per heavy atom. The number of aromatic nitrogens is 1. The van der Waals surface area contributed by atoms with E-state index >= 15 is 0 Å². The number of amides is 3. The number of rotatable bonds is 3. The number of pyridine rings is 1. The number of carbonyl (C=O) groups excluding carboxylic acids is 3. The monoisotopic (exact) mass is 295 g/mol. The van der Waals surface area contributed by atoms with Gasteiger partial charge in [0.2, 0.25) is 0 Å². The van der Waals surface area contributed by atoms with E-state index in [-0.39, 0.29) is 5.56 Å². The Morgan fingerprint density at radius 2 is 1.81 bits per heavy atom. The van der Waals surface area contributed by atoms with Crippen LogP contribution >= 0.6 is 0 Å². The van der Waals surface area contributed by atoms with Gasteiger partial charge in [-0.25, -0.2) is 9.59 Å². The molecule has 0 aromatic carbocycles. The van der Waals surface area contributed by atoms with Crippen molar-refractivity contribution in [3.8, 4) is 0 Å². The van der Waals surface area contributed by atoms with Crippen molar-refractivity contribution in [3.63, 3.8) is 0 Å². The highest BCUT2D eigenvalue weighted by Crippen LogP contribution is 1.99. The van der Waals surface area contributed by atoms with E-state index in [9.17, 15) is 19.6 Å². The minimum atomic E-state index is -0.762. The van der Waals surface area contributed by atoms with Gasteiger partial charge in [-0.05, 0) is 20.8 Å². The van der Waals surface area contributed by atoms with Gasteiger partial charge in [-0.15, -0.1) is 0 Å². The zero-order chi connectivity index (χ0) is 16.0. The number of imide groups is 1. The van der Waals surface area contributed by atoms with Crippen LogP contribution in [0.25, 0.3) is 0 Å². The quantitative estimate of drug-likeness (QED) is 0.467. The van der Waals surface area contributed by atoms with Gasteiger partial charge in [0.05, 0.1) is 5.56 Å². The molecule has 0 aliphatic heterocycles. The van der Waals surface area contributed by atoms with Crippen molar-refractivity contribution in [2.75, 3.05) is 6.61 Å². The molecule has 8 heteroatoms. The van der Waals surface area contributed by atoms with Crippen LogP contribution < -0.4 is 15.4 Å². The minimum Gasteiger partial charge on any atom is -0.619 e. The fourth-order valence-corrected chi connectivity index (χ4v) is 1.30. The summed E-state index contributed by atoms with van der Waals surface area (Å²) in [5.41, 5.74) is -0.354. The summed E-state index contributed by atoms with van der Waals surface area (Å²) >= 11 is 0. The highest BCUT2D eigenvalue weighted by molar-refractivity contribution is 5.97. The van der Waals surface area contributed by atoms with E-state index in [0.29, 0.717) is 4.73 Å². The number of nitrogens with one attached hydrogen (secondary N) is 2. The van der Waals surface area contributed by atoms with Crippen LogP contribution in [0.4, 0.5) is 4.79 Å². The van der Waals surface area contributed by atoms with Gasteiger partial charge in [0.25, 0.3) is 5.91 Å². The van der Waals surface area contributed by atoms with E-state index in [0.717, 1.165) is 12.4 Å². The number of esters is 1. The van der Waals surface area contributed by atoms with Crippen molar-refractivity contribution in [1.82, 2.24) is 10.6 Å². The van der Waals surface area contributed by atoms with Gasteiger partial charge >= 0.3 is 12.0 Å². The first-order valence-corrected chi connectivity index (χ1v) is 6.15. The predicted octanol–water partition coefficient (Wildman–Crippen LogP) is 0.101. The molecule has 1 rings (SSSR count). The zero-order valence-corrected chi connectivity index (χ0v) is 12.0. The van der Waals surface area contributed by atoms with Gasteiger partial charge in [-0.3, -0.25) is 10.1 Å². The lowest BCUT2D eigenvalue weighted by Gasteiger charge is -2.20. The Bertz CT molecular complexity index is 534. The van der Waals surface area contributed by atoms with Crippen LogP contribution in [0.1, 0.15) is 31.1 Å². The molecule has 0 saturated carbocycles. The number of nitrogens with zero attached hydrogens (tertiary/aromatic N) is 1. The van der Waals surface area contributed by atoms with Gasteiger partial charge in [0.15, 0.2) is 19.0 Å². The van der Waals surface area contributed by atoms with Crippen LogP contribution in [0.5, 0.6) is 0 Å². The van der Waals surface area contributed by atoms with Gasteiger partial charge < -0.3 is 15.3 Å². The van der Waals surface area contributed by atoms with Crippen LogP contribution in [-0.4, -0.2) is 30.1 Å². The number of hydrogen-bond donors (Lipinski definition) is 2. The van der Waals surface area contributed by atoms with Crippen LogP contribution in [0, 0.1) is 5.21 Å². The Balaban J connectivity index is 2.41. The normalized spacial score (nSPS) is 10.6. The summed E-state index contributed by atoms with van der Waals surface area (Å²) in [6.07, 6.45) is 2.26. The van der Waals surface area contributed by atoms with Crippen LogP contribution in [-0.2, 0) is 9.53 Å². The van der Waals surface area contributed by atoms with Crippen LogP contribution in [0.2, 0.25) is 0 Å². The second kappa shape index (κ2) is 6.69. The molecule has 1 aromatic rings. The molecule has 0 unspecified atom stereocenters. The summed E-state index contributed by atoms with van der Waals surface area (Å²) in [6, 6.07) is 1.86. The predicted molar refractivity (Wildman–Crippen MR) is 72.1 cm³/mol. The fraction of sp³-hybridized carbons (Fsp3) is 0.385. The van der Waals surface area contributed by atoms with E-state index in [4.69, 9.17) is 4.74 Å². The highest BCUT2D eigenvalue weighted by Gasteiger charge is 2.17. The van der Waals surface area contributed by atoms with Crippen molar-refractivity contribution in [2.24, 2.45) is 0 Å². The first-order valence-electron chi connectivity index (χ1n) is 6.15. The van der Waals surface area contributed by atoms with Gasteiger partial charge in [-0.2, -0.15) is 4.73 Å². The van der Waals surface area contributed by atoms with E-state index < -0.39 is 30.1 Å². The molecular weight excluding hydrogens is 278 g/mol. The van der Waals surface area contributed by atoms with Gasteiger partial charge in [0, 0.05) is 17.7 Å². The summed E-state index contributed by atoms with van der Waals surface area (Å²) in [5, 5.41) is 15.4. The number of carbonyl (C=O) groups is 3. The molecule has 0 aliphatic carbocycles. The number of ether oxygens (including phenoxy) is 1. The molecule has 21 heavy (non-hydrogen) atoms. The maximum atomic E-state index is 11.6. The molecule has 0 fully saturated rings. The molecule has 114 valence electrons. The third kappa shape index (κ3) is 6.37. The summed E-state index contributed by atoms with van der Waals surface area (Å²) in [6.45, 7) is 4.68. The SMILES string of the molecule is CC(C)(C)NC(=O)NC(=O)COC(=O)c1cc[n+]([O-])cc1. The van der Waals surface area contributed by atoms with Crippen molar-refractivity contribution >= 4 is 17.9 Å². The Hall–Kier alpha value is -2.64. The highest BCUT2D eigenvalue weighted by atomic mass is 16.5. The molecule has 0 atom stereocenters. The van der Waals surface area contributed by atoms with E-state index in [1.165, 1.54) is 12.1 Å². The van der Waals surface area contributed by atoms with E-state index in [1.54, 1.807) is 20.8 Å². The zero-order valence-electron chi connectivity index (χ0n) is 12.0. The van der Waals surface area contributed by atoms with E-state index in [1.807, 2.05) is 5.32 Å². The number of hydrogen-bond acceptors (Lipinski definition) is 5. The lowest BCUT2D eigenvalue weighted by atomic mass is 10.1. The molecule has 1 aromatic heterocycles. The maximum Gasteiger partial charge on any atom is 0.339 e. The molecule has 8 nitrogen and oxygen atoms in total. The Labute approximate surface area is 121 Å². The second-order valence-corrected chi connectivity index (χ2v) is 5.28. The maximum absolute atomic E-state index is 11.6. The third-order valence-electron chi connectivity index (χ3n) is 2.11. The molecule has 0 spiro atoms. The number of urea groups is 1. The molecule has 0 bridgehead atoms. The van der Waals surface area contributed by atoms with Crippen LogP contribution in [0.15, 0.2) is 24.5 Å². The topological polar surface area (TPSA) is 111 Å². The lowest BCUT2D eigenvalue weighted by molar-refractivity contribution is -0.605. The molecule has 1 heterocycles. The molecule has 0 aliphatic rings. The second-order valence-electron chi connectivity index (χ2n) is 5.28. The average Bonchev–Trinajstić information content (AvgIpc) is 2.34. The first kappa shape index (κ1) is 16.4. The summed E-state index contributed by atoms with van der Waals surface area (Å²) < 4.78 is 5.23. The first-order chi connectivity index (χ1) is 9.67. The molecular formula is C13H17N3O5. The molecule has 3 amide bonds. The van der Waals surface area contributed by atoms with Crippen molar-refractivity contribution in [3.05, 3.63) is 35.3 Å². The third-order valence-corrected chi connectivity index (χ3v) is 2.11. The fourth-order valence-electron chi connectivity index (χ4n) is 1.30. The standard InChI is InChI=1S/C13H17N3O5/c1-13(2,3)15-12(19)14-10(17)8-21-11(18)9-4-6-16(20)7-5-9/h4-7H,8H2,1-3H3,(H2,14,15,17,19). The average molecular weight is 295 g/mol. The molecule has 2 N–H and O–H groups in total. The molecule has 0 radical (unpaired) electrons. The molecule has 0 saturated heterocycles. The smallest absolute Gasteiger partial charge is 0.339 e. The van der Waals surface area contributed by atoms with Crippen LogP contribution in [0.3, 0.4) is 0 Å². The van der Waals surface area contributed by atoms with E-state index in [2.05, 4.69) is 5.32 Å². The summed E-state index contributed by atoms with van der Waals surface area (Å²) in [4.78, 5) is 34.4. The summed E-state index contributed by atoms with van der Waals surface area (Å²) in [7, 11) is 0. The Kier molecular flexibility index (Phi) is 5.23. The Morgan fingerprint density at radius 1 is 1.24 bits per heavy atom. The van der Waals surface area contributed by atoms with Crippen molar-refractivity contribution in [2.45, 2.75) is 26.3 Å². The lowest BCUT2D eigenvalue weighted by Crippen LogP contribution is -2.49. The summed E-state index contributed by atoms with van der Waals surface area (Å²) in [5.74, 6) is -1.51. The van der Waals surface area contributed by atoms with Gasteiger partial charge in [0.1, 0.15) is 0 Å². The minimum absolute atomic E-state index is 0.133. The van der Waals surface area contributed by atoms with Crippen molar-refractivity contribution in [1.29, 1.82) is 0 Å². The van der Waals surface area contributed by atoms with Crippen molar-refractivity contribution < 1.29 is 23.9 Å².